The fraction of sp³-hybridized carbons (Fsp3) is 0.172. The summed E-state index contributed by atoms with van der Waals surface area (Å²) in [6.45, 7) is 4.58. The molecule has 0 unspecified atom stereocenters. The molecule has 43 heavy (non-hydrogen) atoms. The van der Waals surface area contributed by atoms with Crippen molar-refractivity contribution in [3.05, 3.63) is 109 Å². The molecule has 0 radical (unpaired) electrons. The van der Waals surface area contributed by atoms with Crippen molar-refractivity contribution in [1.82, 2.24) is 9.99 Å². The van der Waals surface area contributed by atoms with Crippen LogP contribution in [0, 0.1) is 30.9 Å². The van der Waals surface area contributed by atoms with E-state index in [0.29, 0.717) is 32.6 Å². The maximum Gasteiger partial charge on any atom is 0.273 e. The Balaban J connectivity index is 1.61. The maximum atomic E-state index is 13.7. The number of nitro groups is 1. The number of benzene rings is 3. The zero-order valence-corrected chi connectivity index (χ0v) is 25.9. The first kappa shape index (κ1) is 31.5. The van der Waals surface area contributed by atoms with E-state index in [1.807, 2.05) is 24.5 Å². The predicted molar refractivity (Wildman–Crippen MR) is 166 cm³/mol. The minimum atomic E-state index is -4.42. The number of rotatable bonds is 10. The highest BCUT2D eigenvalue weighted by Gasteiger charge is 2.29. The summed E-state index contributed by atoms with van der Waals surface area (Å²) in [5, 5.41) is 16.5. The number of hydrazone groups is 1. The van der Waals surface area contributed by atoms with E-state index in [1.54, 1.807) is 18.2 Å². The average molecular weight is 645 g/mol. The maximum absolute atomic E-state index is 13.7. The predicted octanol–water partition coefficient (Wildman–Crippen LogP) is 5.97. The summed E-state index contributed by atoms with van der Waals surface area (Å²) in [4.78, 5) is 23.5. The number of methoxy groups -OCH3 is 1. The number of carbonyl (C=O) groups excluding carboxylic acids is 1. The van der Waals surface area contributed by atoms with Gasteiger partial charge in [-0.05, 0) is 75.4 Å². The number of aryl methyl sites for hydroxylation is 2. The van der Waals surface area contributed by atoms with Gasteiger partial charge in [-0.3, -0.25) is 19.2 Å². The molecule has 4 aromatic rings. The van der Waals surface area contributed by atoms with Crippen molar-refractivity contribution < 1.29 is 22.9 Å². The SMILES string of the molecule is COc1ccc(N(CC(=O)N/N=C\c2cc(C)n(-c3cc(Cl)ccc3Cl)c2C)S(=O)(=O)c2ccc(C)c([N+](=O)[O-])c2)cc1. The largest absolute Gasteiger partial charge is 0.497 e. The molecule has 3 aromatic carbocycles. The Morgan fingerprint density at radius 3 is 2.42 bits per heavy atom. The number of aromatic nitrogens is 1. The number of hydrogen-bond donors (Lipinski definition) is 1. The molecule has 0 bridgehead atoms. The fourth-order valence-electron chi connectivity index (χ4n) is 4.42. The number of sulfonamides is 1. The molecule has 1 N–H and O–H groups in total. The lowest BCUT2D eigenvalue weighted by Gasteiger charge is -2.24. The van der Waals surface area contributed by atoms with E-state index in [-0.39, 0.29) is 16.3 Å². The van der Waals surface area contributed by atoms with E-state index in [4.69, 9.17) is 27.9 Å². The van der Waals surface area contributed by atoms with Crippen molar-refractivity contribution in [2.45, 2.75) is 25.7 Å². The van der Waals surface area contributed by atoms with Gasteiger partial charge in [-0.15, -0.1) is 0 Å². The lowest BCUT2D eigenvalue weighted by Crippen LogP contribution is -2.39. The van der Waals surface area contributed by atoms with Crippen molar-refractivity contribution in [3.63, 3.8) is 0 Å². The molecule has 1 heterocycles. The van der Waals surface area contributed by atoms with Crippen molar-refractivity contribution >= 4 is 56.7 Å². The second-order valence-electron chi connectivity index (χ2n) is 9.47. The van der Waals surface area contributed by atoms with Gasteiger partial charge < -0.3 is 9.30 Å². The number of hydrogen-bond acceptors (Lipinski definition) is 7. The second kappa shape index (κ2) is 12.9. The number of anilines is 1. The summed E-state index contributed by atoms with van der Waals surface area (Å²) in [5.74, 6) is -0.276. The van der Waals surface area contributed by atoms with Crippen LogP contribution in [-0.4, -0.2) is 43.7 Å². The van der Waals surface area contributed by atoms with Crippen LogP contribution in [0.15, 0.2) is 76.7 Å². The van der Waals surface area contributed by atoms with Gasteiger partial charge in [0.05, 0.1) is 39.5 Å². The van der Waals surface area contributed by atoms with Crippen molar-refractivity contribution in [2.24, 2.45) is 5.10 Å². The first-order valence-electron chi connectivity index (χ1n) is 12.7. The number of nitro benzene ring substituents is 1. The molecule has 224 valence electrons. The molecule has 0 aliphatic heterocycles. The zero-order chi connectivity index (χ0) is 31.5. The van der Waals surface area contributed by atoms with Crippen molar-refractivity contribution in [2.75, 3.05) is 18.0 Å². The van der Waals surface area contributed by atoms with Gasteiger partial charge >= 0.3 is 0 Å². The van der Waals surface area contributed by atoms with E-state index in [2.05, 4.69) is 10.5 Å². The first-order chi connectivity index (χ1) is 20.3. The Hall–Kier alpha value is -4.39. The third kappa shape index (κ3) is 6.82. The second-order valence-corrected chi connectivity index (χ2v) is 12.2. The highest BCUT2D eigenvalue weighted by molar-refractivity contribution is 7.92. The number of carbonyl (C=O) groups is 1. The fourth-order valence-corrected chi connectivity index (χ4v) is 6.23. The molecule has 4 rings (SSSR count). The number of ether oxygens (including phenoxy) is 1. The third-order valence-corrected chi connectivity index (χ3v) is 8.95. The number of halogens is 2. The van der Waals surface area contributed by atoms with Crippen LogP contribution in [0.5, 0.6) is 5.75 Å². The molecule has 0 aliphatic rings. The minimum absolute atomic E-state index is 0.144. The number of amides is 1. The van der Waals surface area contributed by atoms with Crippen molar-refractivity contribution in [1.29, 1.82) is 0 Å². The quantitative estimate of drug-likeness (QED) is 0.128. The lowest BCUT2D eigenvalue weighted by atomic mass is 10.2. The average Bonchev–Trinajstić information content (AvgIpc) is 3.25. The molecule has 1 aromatic heterocycles. The molecule has 11 nitrogen and oxygen atoms in total. The Labute approximate surface area is 258 Å². The molecule has 14 heteroatoms. The molecule has 0 atom stereocenters. The van der Waals surface area contributed by atoms with Gasteiger partial charge in [-0.1, -0.05) is 29.3 Å². The van der Waals surface area contributed by atoms with Crippen LogP contribution in [0.1, 0.15) is 22.5 Å². The topological polar surface area (TPSA) is 136 Å². The van der Waals surface area contributed by atoms with Gasteiger partial charge in [0.2, 0.25) is 0 Å². The monoisotopic (exact) mass is 643 g/mol. The highest BCUT2D eigenvalue weighted by Crippen LogP contribution is 2.30. The van der Waals surface area contributed by atoms with E-state index in [1.165, 1.54) is 56.6 Å². The van der Waals surface area contributed by atoms with Crippen LogP contribution in [0.3, 0.4) is 0 Å². The normalized spacial score (nSPS) is 11.5. The van der Waals surface area contributed by atoms with E-state index in [9.17, 15) is 23.3 Å². The van der Waals surface area contributed by atoms with Gasteiger partial charge in [-0.2, -0.15) is 5.10 Å². The summed E-state index contributed by atoms with van der Waals surface area (Å²) in [6, 6.07) is 16.5. The van der Waals surface area contributed by atoms with Crippen LogP contribution in [-0.2, 0) is 14.8 Å². The Morgan fingerprint density at radius 1 is 1.07 bits per heavy atom. The van der Waals surface area contributed by atoms with E-state index < -0.39 is 27.4 Å². The molecular formula is C29H27Cl2N5O6S. The van der Waals surface area contributed by atoms with Gasteiger partial charge in [0.1, 0.15) is 12.3 Å². The third-order valence-electron chi connectivity index (χ3n) is 6.63. The molecule has 0 saturated heterocycles. The zero-order valence-electron chi connectivity index (χ0n) is 23.5. The standard InChI is InChI=1S/C29H27Cl2N5O6S/c1-18-5-11-25(15-27(18)36(38)39)43(40,41)34(23-7-9-24(42-4)10-8-23)17-29(37)33-32-16-21-13-19(2)35(20(21)3)28-14-22(30)6-12-26(28)31/h5-16H,17H2,1-4H3,(H,33,37)/b32-16-. The summed E-state index contributed by atoms with van der Waals surface area (Å²) in [5.41, 5.74) is 5.44. The Bertz CT molecular complexity index is 1840. The van der Waals surface area contributed by atoms with Crippen LogP contribution >= 0.6 is 23.2 Å². The van der Waals surface area contributed by atoms with Crippen LogP contribution in [0.4, 0.5) is 11.4 Å². The van der Waals surface area contributed by atoms with E-state index in [0.717, 1.165) is 21.8 Å². The Morgan fingerprint density at radius 2 is 1.77 bits per heavy atom. The summed E-state index contributed by atoms with van der Waals surface area (Å²) in [6.07, 6.45) is 1.44. The van der Waals surface area contributed by atoms with E-state index >= 15 is 0 Å². The minimum Gasteiger partial charge on any atom is -0.497 e. The summed E-state index contributed by atoms with van der Waals surface area (Å²) >= 11 is 12.6. The smallest absolute Gasteiger partial charge is 0.273 e. The molecule has 0 aliphatic carbocycles. The molecule has 0 saturated carbocycles. The van der Waals surface area contributed by atoms with Crippen LogP contribution in [0.2, 0.25) is 10.0 Å². The first-order valence-corrected chi connectivity index (χ1v) is 14.9. The number of nitrogens with zero attached hydrogens (tertiary/aromatic N) is 4. The molecule has 1 amide bonds. The summed E-state index contributed by atoms with van der Waals surface area (Å²) in [7, 11) is -2.96. The van der Waals surface area contributed by atoms with Crippen LogP contribution in [0.25, 0.3) is 5.69 Å². The Kier molecular flexibility index (Phi) is 9.43. The number of nitrogens with one attached hydrogen (secondary N) is 1. The van der Waals surface area contributed by atoms with Crippen LogP contribution < -0.4 is 14.5 Å². The lowest BCUT2D eigenvalue weighted by molar-refractivity contribution is -0.385. The molecule has 0 fully saturated rings. The molecule has 0 spiro atoms. The van der Waals surface area contributed by atoms with Crippen molar-refractivity contribution in [3.8, 4) is 11.4 Å². The van der Waals surface area contributed by atoms with Gasteiger partial charge in [0, 0.05) is 33.6 Å². The van der Waals surface area contributed by atoms with Gasteiger partial charge in [-0.25, -0.2) is 13.8 Å². The molecular weight excluding hydrogens is 617 g/mol. The highest BCUT2D eigenvalue weighted by atomic mass is 35.5. The van der Waals surface area contributed by atoms with Gasteiger partial charge in [0.25, 0.3) is 21.6 Å². The summed E-state index contributed by atoms with van der Waals surface area (Å²) < 4.78 is 35.3. The van der Waals surface area contributed by atoms with Gasteiger partial charge in [0.15, 0.2) is 0 Å².